The molecule has 3 N–H and O–H groups in total. The first-order valence-electron chi connectivity index (χ1n) is 9.94. The normalized spacial score (nSPS) is 15.8. The summed E-state index contributed by atoms with van der Waals surface area (Å²) in [5, 5.41) is 2.65. The van der Waals surface area contributed by atoms with E-state index in [2.05, 4.69) is 20.3 Å². The zero-order chi connectivity index (χ0) is 23.6. The first-order valence-corrected chi connectivity index (χ1v) is 9.94. The van der Waals surface area contributed by atoms with Gasteiger partial charge in [-0.25, -0.2) is 4.98 Å². The smallest absolute Gasteiger partial charge is 0.417 e. The largest absolute Gasteiger partial charge is 0.464 e. The lowest BCUT2D eigenvalue weighted by Crippen LogP contribution is -2.28. The van der Waals surface area contributed by atoms with Crippen molar-refractivity contribution in [2.75, 3.05) is 6.54 Å². The lowest BCUT2D eigenvalue weighted by molar-refractivity contribution is -0.137. The van der Waals surface area contributed by atoms with Gasteiger partial charge in [0.25, 0.3) is 11.8 Å². The van der Waals surface area contributed by atoms with Crippen molar-refractivity contribution >= 4 is 11.8 Å². The molecule has 1 atom stereocenters. The van der Waals surface area contributed by atoms with Crippen LogP contribution in [0.5, 0.6) is 5.88 Å². The number of nitrogens with zero attached hydrogens (tertiary/aromatic N) is 3. The van der Waals surface area contributed by atoms with Crippen LogP contribution in [-0.2, 0) is 17.4 Å². The van der Waals surface area contributed by atoms with Gasteiger partial charge in [0.15, 0.2) is 11.9 Å². The van der Waals surface area contributed by atoms with Gasteiger partial charge >= 0.3 is 6.18 Å². The number of aromatic nitrogens is 3. The number of carbonyl (C=O) groups is 2. The molecule has 8 nitrogen and oxygen atoms in total. The second-order valence-corrected chi connectivity index (χ2v) is 7.38. The van der Waals surface area contributed by atoms with Gasteiger partial charge in [-0.15, -0.1) is 0 Å². The Morgan fingerprint density at radius 2 is 1.91 bits per heavy atom. The number of nitrogens with two attached hydrogens (primary N) is 1. The van der Waals surface area contributed by atoms with Crippen molar-refractivity contribution in [3.05, 3.63) is 71.2 Å². The number of halogens is 3. The summed E-state index contributed by atoms with van der Waals surface area (Å²) < 4.78 is 43.7. The second kappa shape index (κ2) is 8.85. The fourth-order valence-electron chi connectivity index (χ4n) is 3.25. The molecule has 4 rings (SSSR count). The number of carbonyl (C=O) groups excluding carboxylic acids is 2. The molecular formula is C22H18F3N5O3. The van der Waals surface area contributed by atoms with Gasteiger partial charge in [-0.05, 0) is 17.7 Å². The molecule has 2 aromatic heterocycles. The predicted octanol–water partition coefficient (Wildman–Crippen LogP) is 2.51. The summed E-state index contributed by atoms with van der Waals surface area (Å²) in [4.78, 5) is 35.8. The molecule has 1 aliphatic rings. The predicted molar refractivity (Wildman–Crippen MR) is 110 cm³/mol. The highest BCUT2D eigenvalue weighted by Gasteiger charge is 2.30. The molecule has 2 amide bonds. The number of nitrogens with one attached hydrogen (secondary N) is 1. The van der Waals surface area contributed by atoms with E-state index in [1.165, 1.54) is 12.1 Å². The lowest BCUT2D eigenvalue weighted by atomic mass is 10.1. The van der Waals surface area contributed by atoms with Gasteiger partial charge in [0, 0.05) is 42.9 Å². The zero-order valence-corrected chi connectivity index (χ0v) is 17.1. The molecule has 11 heteroatoms. The molecule has 0 spiro atoms. The Kier molecular flexibility index (Phi) is 5.95. The highest BCUT2D eigenvalue weighted by Crippen LogP contribution is 2.28. The molecule has 0 saturated carbocycles. The van der Waals surface area contributed by atoms with Crippen molar-refractivity contribution in [1.29, 1.82) is 0 Å². The van der Waals surface area contributed by atoms with E-state index in [0.29, 0.717) is 30.6 Å². The van der Waals surface area contributed by atoms with Gasteiger partial charge < -0.3 is 15.8 Å². The summed E-state index contributed by atoms with van der Waals surface area (Å²) in [7, 11) is 0. The van der Waals surface area contributed by atoms with E-state index in [1.54, 1.807) is 24.3 Å². The molecule has 1 saturated heterocycles. The highest BCUT2D eigenvalue weighted by atomic mass is 19.4. The van der Waals surface area contributed by atoms with Gasteiger partial charge in [0.2, 0.25) is 5.88 Å². The summed E-state index contributed by atoms with van der Waals surface area (Å²) in [6, 6.07) is 10.5. The average molecular weight is 457 g/mol. The maximum Gasteiger partial charge on any atom is 0.417 e. The van der Waals surface area contributed by atoms with Gasteiger partial charge in [-0.3, -0.25) is 14.6 Å². The van der Waals surface area contributed by atoms with Gasteiger partial charge in [0.05, 0.1) is 5.56 Å². The Balaban J connectivity index is 1.54. The number of amides is 2. The van der Waals surface area contributed by atoms with E-state index < -0.39 is 23.8 Å². The van der Waals surface area contributed by atoms with E-state index in [-0.39, 0.29) is 23.3 Å². The van der Waals surface area contributed by atoms with Crippen LogP contribution in [0.25, 0.3) is 11.4 Å². The molecule has 3 heterocycles. The number of primary amides is 1. The van der Waals surface area contributed by atoms with Crippen molar-refractivity contribution in [3.63, 3.8) is 0 Å². The van der Waals surface area contributed by atoms with Crippen molar-refractivity contribution in [3.8, 4) is 17.3 Å². The number of hydrogen-bond donors (Lipinski definition) is 2. The van der Waals surface area contributed by atoms with E-state index >= 15 is 0 Å². The number of hydrogen-bond acceptors (Lipinski definition) is 6. The van der Waals surface area contributed by atoms with Crippen molar-refractivity contribution in [2.24, 2.45) is 5.73 Å². The number of ether oxygens (including phenoxy) is 1. The Morgan fingerprint density at radius 1 is 1.15 bits per heavy atom. The zero-order valence-electron chi connectivity index (χ0n) is 17.1. The number of benzene rings is 1. The quantitative estimate of drug-likeness (QED) is 0.587. The molecule has 1 unspecified atom stereocenters. The minimum Gasteiger partial charge on any atom is -0.464 e. The van der Waals surface area contributed by atoms with Crippen LogP contribution >= 0.6 is 0 Å². The van der Waals surface area contributed by atoms with E-state index in [9.17, 15) is 22.8 Å². The number of pyridine rings is 1. The fraction of sp³-hybridized carbons (Fsp3) is 0.227. The molecule has 0 aliphatic carbocycles. The Labute approximate surface area is 186 Å². The van der Waals surface area contributed by atoms with Crippen LogP contribution in [0.3, 0.4) is 0 Å². The van der Waals surface area contributed by atoms with Crippen LogP contribution in [0.1, 0.15) is 33.7 Å². The van der Waals surface area contributed by atoms with E-state index in [1.807, 2.05) is 0 Å². The summed E-state index contributed by atoms with van der Waals surface area (Å²) in [6.45, 7) is 0.485. The Hall–Kier alpha value is -4.02. The van der Waals surface area contributed by atoms with Crippen LogP contribution in [0.15, 0.2) is 48.7 Å². The molecule has 0 bridgehead atoms. The summed E-state index contributed by atoms with van der Waals surface area (Å²) in [6.07, 6.45) is -3.55. The fourth-order valence-corrected chi connectivity index (χ4v) is 3.25. The lowest BCUT2D eigenvalue weighted by Gasteiger charge is -2.12. The molecule has 1 aliphatic heterocycles. The minimum atomic E-state index is -4.43. The second-order valence-electron chi connectivity index (χ2n) is 7.38. The summed E-state index contributed by atoms with van der Waals surface area (Å²) in [5.41, 5.74) is 6.34. The van der Waals surface area contributed by atoms with Crippen LogP contribution in [0.4, 0.5) is 13.2 Å². The highest BCUT2D eigenvalue weighted by molar-refractivity contribution is 5.91. The van der Waals surface area contributed by atoms with Crippen molar-refractivity contribution < 1.29 is 27.5 Å². The topological polar surface area (TPSA) is 120 Å². The Morgan fingerprint density at radius 3 is 2.48 bits per heavy atom. The first-order chi connectivity index (χ1) is 15.7. The third kappa shape index (κ3) is 5.25. The minimum absolute atomic E-state index is 0.0499. The summed E-state index contributed by atoms with van der Waals surface area (Å²) in [5.74, 6) is -0.811. The molecular weight excluding hydrogens is 439 g/mol. The van der Waals surface area contributed by atoms with Crippen LogP contribution in [-0.4, -0.2) is 39.4 Å². The van der Waals surface area contributed by atoms with E-state index in [4.69, 9.17) is 10.5 Å². The molecule has 3 aromatic rings. The SMILES string of the molecule is NC(=O)c1cc(OC2CCNC2=O)nc(-c2ccc(Cc3ccc(C(F)(F)F)cn3)cc2)n1. The third-order valence-electron chi connectivity index (χ3n) is 4.97. The molecule has 1 aromatic carbocycles. The van der Waals surface area contributed by atoms with Crippen molar-refractivity contribution in [1.82, 2.24) is 20.3 Å². The standard InChI is InChI=1S/C22H18F3N5O3/c23-22(24,25)14-5-6-15(28-11-14)9-12-1-3-13(4-2-12)20-29-16(19(26)31)10-18(30-20)33-17-7-8-27-21(17)32/h1-6,10-11,17H,7-9H2,(H2,26,31)(H,27,32). The van der Waals surface area contributed by atoms with Crippen molar-refractivity contribution in [2.45, 2.75) is 25.1 Å². The van der Waals surface area contributed by atoms with Crippen LogP contribution in [0, 0.1) is 0 Å². The van der Waals surface area contributed by atoms with Crippen LogP contribution in [0.2, 0.25) is 0 Å². The Bertz CT molecular complexity index is 1180. The average Bonchev–Trinajstić information content (AvgIpc) is 3.18. The number of rotatable bonds is 6. The maximum atomic E-state index is 12.7. The van der Waals surface area contributed by atoms with Gasteiger partial charge in [-0.1, -0.05) is 24.3 Å². The first kappa shape index (κ1) is 22.2. The molecule has 170 valence electrons. The maximum absolute atomic E-state index is 12.7. The van der Waals surface area contributed by atoms with Gasteiger partial charge in [-0.2, -0.15) is 18.2 Å². The summed E-state index contributed by atoms with van der Waals surface area (Å²) >= 11 is 0. The molecule has 1 fully saturated rings. The number of alkyl halides is 3. The molecule has 33 heavy (non-hydrogen) atoms. The van der Waals surface area contributed by atoms with Crippen LogP contribution < -0.4 is 15.8 Å². The monoisotopic (exact) mass is 457 g/mol. The van der Waals surface area contributed by atoms with Gasteiger partial charge in [0.1, 0.15) is 5.69 Å². The third-order valence-corrected chi connectivity index (χ3v) is 4.97. The van der Waals surface area contributed by atoms with E-state index in [0.717, 1.165) is 17.8 Å². The molecule has 0 radical (unpaired) electrons.